The van der Waals surface area contributed by atoms with Crippen molar-refractivity contribution in [2.24, 2.45) is 0 Å². The summed E-state index contributed by atoms with van der Waals surface area (Å²) < 4.78 is 10.7. The summed E-state index contributed by atoms with van der Waals surface area (Å²) in [4.78, 5) is 37.6. The van der Waals surface area contributed by atoms with Crippen LogP contribution in [0.2, 0.25) is 0 Å². The van der Waals surface area contributed by atoms with Crippen molar-refractivity contribution in [1.29, 1.82) is 0 Å². The molecule has 2 aromatic rings. The van der Waals surface area contributed by atoms with Gasteiger partial charge in [0.2, 0.25) is 5.91 Å². The van der Waals surface area contributed by atoms with Crippen molar-refractivity contribution < 1.29 is 29.0 Å². The molecule has 34 heavy (non-hydrogen) atoms. The summed E-state index contributed by atoms with van der Waals surface area (Å²) in [6, 6.07) is 14.9. The van der Waals surface area contributed by atoms with Gasteiger partial charge in [0.1, 0.15) is 12.1 Å². The van der Waals surface area contributed by atoms with E-state index in [1.54, 1.807) is 6.92 Å². The summed E-state index contributed by atoms with van der Waals surface area (Å²) in [5.41, 5.74) is 3.26. The van der Waals surface area contributed by atoms with Gasteiger partial charge >= 0.3 is 12.1 Å². The molecule has 0 saturated heterocycles. The summed E-state index contributed by atoms with van der Waals surface area (Å²) in [6.45, 7) is 1.70. The first kappa shape index (κ1) is 23.8. The summed E-state index contributed by atoms with van der Waals surface area (Å²) in [7, 11) is 1.38. The van der Waals surface area contributed by atoms with Crippen LogP contribution in [-0.2, 0) is 19.1 Å². The fourth-order valence-electron chi connectivity index (χ4n) is 5.01. The molecule has 0 unspecified atom stereocenters. The number of amides is 2. The Morgan fingerprint density at radius 3 is 2.12 bits per heavy atom. The fraction of sp³-hybridized carbons (Fsp3) is 0.423. The molecule has 2 amide bonds. The maximum Gasteiger partial charge on any atom is 0.408 e. The van der Waals surface area contributed by atoms with Crippen LogP contribution in [0.5, 0.6) is 0 Å². The van der Waals surface area contributed by atoms with Crippen LogP contribution in [0.3, 0.4) is 0 Å². The molecule has 8 heteroatoms. The average molecular weight is 467 g/mol. The molecule has 1 saturated carbocycles. The van der Waals surface area contributed by atoms with Crippen LogP contribution in [0.1, 0.15) is 49.7 Å². The number of carbonyl (C=O) groups excluding carboxylic acids is 2. The molecule has 0 aromatic heterocycles. The molecule has 0 heterocycles. The van der Waals surface area contributed by atoms with E-state index in [1.807, 2.05) is 36.4 Å². The number of carboxylic acid groups (broad SMARTS) is 1. The van der Waals surface area contributed by atoms with Crippen LogP contribution in [-0.4, -0.2) is 54.5 Å². The van der Waals surface area contributed by atoms with Gasteiger partial charge in [0, 0.05) is 13.0 Å². The highest BCUT2D eigenvalue weighted by Gasteiger charge is 2.45. The number of alkyl carbamates (subject to hydrolysis) is 1. The number of hydrogen-bond donors (Lipinski definition) is 3. The first-order valence-electron chi connectivity index (χ1n) is 11.6. The summed E-state index contributed by atoms with van der Waals surface area (Å²) in [5, 5.41) is 14.8. The summed E-state index contributed by atoms with van der Waals surface area (Å²) in [6.07, 6.45) is 0.899. The third-order valence-corrected chi connectivity index (χ3v) is 6.97. The second-order valence-electron chi connectivity index (χ2n) is 8.97. The molecule has 2 aliphatic carbocycles. The van der Waals surface area contributed by atoms with Crippen LogP contribution < -0.4 is 10.6 Å². The van der Waals surface area contributed by atoms with E-state index in [0.29, 0.717) is 12.8 Å². The van der Waals surface area contributed by atoms with Crippen LogP contribution in [0.15, 0.2) is 48.5 Å². The maximum absolute atomic E-state index is 13.1. The van der Waals surface area contributed by atoms with E-state index in [-0.39, 0.29) is 12.5 Å². The Balaban J connectivity index is 1.45. The largest absolute Gasteiger partial charge is 0.480 e. The van der Waals surface area contributed by atoms with Gasteiger partial charge in [-0.3, -0.25) is 4.79 Å². The predicted molar refractivity (Wildman–Crippen MR) is 125 cm³/mol. The SMILES string of the molecule is CO[C@H](C)[C@H](NC(=O)C1(NC(=O)OCC2c3ccccc3-c3ccccc32)CCCC1)C(=O)O. The summed E-state index contributed by atoms with van der Waals surface area (Å²) >= 11 is 0. The highest BCUT2D eigenvalue weighted by atomic mass is 16.5. The number of fused-ring (bicyclic) bond motifs is 3. The van der Waals surface area contributed by atoms with Gasteiger partial charge in [0.25, 0.3) is 0 Å². The highest BCUT2D eigenvalue weighted by Crippen LogP contribution is 2.44. The van der Waals surface area contributed by atoms with E-state index in [4.69, 9.17) is 9.47 Å². The lowest BCUT2D eigenvalue weighted by Gasteiger charge is -2.31. The maximum atomic E-state index is 13.1. The first-order chi connectivity index (χ1) is 16.4. The van der Waals surface area contributed by atoms with Crippen LogP contribution in [0, 0.1) is 0 Å². The van der Waals surface area contributed by atoms with Crippen molar-refractivity contribution in [2.45, 2.75) is 56.2 Å². The van der Waals surface area contributed by atoms with E-state index >= 15 is 0 Å². The zero-order valence-corrected chi connectivity index (χ0v) is 19.4. The molecule has 2 aromatic carbocycles. The molecule has 1 fully saturated rings. The molecule has 4 rings (SSSR count). The lowest BCUT2D eigenvalue weighted by Crippen LogP contribution is -2.61. The van der Waals surface area contributed by atoms with Crippen molar-refractivity contribution in [3.8, 4) is 11.1 Å². The van der Waals surface area contributed by atoms with E-state index in [1.165, 1.54) is 7.11 Å². The minimum absolute atomic E-state index is 0.0922. The Morgan fingerprint density at radius 1 is 1.03 bits per heavy atom. The molecule has 2 atom stereocenters. The first-order valence-corrected chi connectivity index (χ1v) is 11.6. The number of hydrogen-bond acceptors (Lipinski definition) is 5. The Labute approximate surface area is 198 Å². The van der Waals surface area contributed by atoms with Crippen molar-refractivity contribution in [3.05, 3.63) is 59.7 Å². The molecule has 8 nitrogen and oxygen atoms in total. The smallest absolute Gasteiger partial charge is 0.408 e. The second kappa shape index (κ2) is 9.85. The molecule has 2 aliphatic rings. The number of aliphatic carboxylic acids is 1. The summed E-state index contributed by atoms with van der Waals surface area (Å²) in [5.74, 6) is -1.82. The van der Waals surface area contributed by atoms with Gasteiger partial charge in [0.15, 0.2) is 6.04 Å². The van der Waals surface area contributed by atoms with Crippen LogP contribution in [0.4, 0.5) is 4.79 Å². The zero-order valence-electron chi connectivity index (χ0n) is 19.4. The molecule has 0 aliphatic heterocycles. The van der Waals surface area contributed by atoms with Crippen molar-refractivity contribution in [3.63, 3.8) is 0 Å². The fourth-order valence-corrected chi connectivity index (χ4v) is 5.01. The van der Waals surface area contributed by atoms with Gasteiger partial charge in [-0.05, 0) is 42.0 Å². The number of carboxylic acids is 1. The second-order valence-corrected chi connectivity index (χ2v) is 8.97. The Morgan fingerprint density at radius 2 is 1.59 bits per heavy atom. The number of carbonyl (C=O) groups is 3. The minimum atomic E-state index is -1.22. The van der Waals surface area contributed by atoms with E-state index in [0.717, 1.165) is 35.1 Å². The van der Waals surface area contributed by atoms with Crippen molar-refractivity contribution >= 4 is 18.0 Å². The van der Waals surface area contributed by atoms with Gasteiger partial charge in [-0.1, -0.05) is 61.4 Å². The zero-order chi connectivity index (χ0) is 24.3. The number of ether oxygens (including phenoxy) is 2. The van der Waals surface area contributed by atoms with Crippen molar-refractivity contribution in [2.75, 3.05) is 13.7 Å². The molecule has 3 N–H and O–H groups in total. The monoisotopic (exact) mass is 466 g/mol. The molecule has 180 valence electrons. The average Bonchev–Trinajstić information content (AvgIpc) is 3.44. The van der Waals surface area contributed by atoms with Crippen LogP contribution >= 0.6 is 0 Å². The highest BCUT2D eigenvalue weighted by molar-refractivity contribution is 5.93. The van der Waals surface area contributed by atoms with Crippen LogP contribution in [0.25, 0.3) is 11.1 Å². The predicted octanol–water partition coefficient (Wildman–Crippen LogP) is 3.44. The number of methoxy groups -OCH3 is 1. The number of benzene rings is 2. The quantitative estimate of drug-likeness (QED) is 0.549. The van der Waals surface area contributed by atoms with Gasteiger partial charge in [-0.15, -0.1) is 0 Å². The topological polar surface area (TPSA) is 114 Å². The molecular weight excluding hydrogens is 436 g/mol. The van der Waals surface area contributed by atoms with Gasteiger partial charge in [-0.2, -0.15) is 0 Å². The van der Waals surface area contributed by atoms with Gasteiger partial charge in [-0.25, -0.2) is 9.59 Å². The van der Waals surface area contributed by atoms with E-state index < -0.39 is 35.7 Å². The van der Waals surface area contributed by atoms with Crippen molar-refractivity contribution in [1.82, 2.24) is 10.6 Å². The molecular formula is C26H30N2O6. The Hall–Kier alpha value is -3.39. The lowest BCUT2D eigenvalue weighted by atomic mass is 9.95. The van der Waals surface area contributed by atoms with Gasteiger partial charge in [0.05, 0.1) is 6.10 Å². The minimum Gasteiger partial charge on any atom is -0.480 e. The number of nitrogens with one attached hydrogen (secondary N) is 2. The standard InChI is InChI=1S/C26H30N2O6/c1-16(33-2)22(23(29)30)27-24(31)26(13-7-8-14-26)28-25(32)34-15-21-19-11-5-3-9-17(19)18-10-4-6-12-20(18)21/h3-6,9-12,16,21-22H,7-8,13-15H2,1-2H3,(H,27,31)(H,28,32)(H,29,30)/t16-,22+/m1/s1. The Kier molecular flexibility index (Phi) is 6.88. The third-order valence-electron chi connectivity index (χ3n) is 6.97. The molecule has 0 spiro atoms. The number of rotatable bonds is 8. The Bertz CT molecular complexity index is 1030. The van der Waals surface area contributed by atoms with E-state index in [2.05, 4.69) is 22.8 Å². The van der Waals surface area contributed by atoms with E-state index in [9.17, 15) is 19.5 Å². The molecule has 0 bridgehead atoms. The normalized spacial score (nSPS) is 17.8. The van der Waals surface area contributed by atoms with Gasteiger partial charge < -0.3 is 25.2 Å². The third kappa shape index (κ3) is 4.50. The molecule has 0 radical (unpaired) electrons. The lowest BCUT2D eigenvalue weighted by molar-refractivity contribution is -0.146.